The number of carbonyl (C=O) groups is 3. The van der Waals surface area contributed by atoms with Crippen molar-refractivity contribution in [3.8, 4) is 0 Å². The van der Waals surface area contributed by atoms with Crippen molar-refractivity contribution in [3.05, 3.63) is 58.0 Å². The highest BCUT2D eigenvalue weighted by Gasteiger charge is 2.55. The number of urea groups is 1. The molecule has 1 aromatic carbocycles. The van der Waals surface area contributed by atoms with E-state index in [-0.39, 0.29) is 30.0 Å². The van der Waals surface area contributed by atoms with Gasteiger partial charge in [0.2, 0.25) is 0 Å². The van der Waals surface area contributed by atoms with Crippen molar-refractivity contribution in [2.24, 2.45) is 5.92 Å². The number of hydrogen-bond donors (Lipinski definition) is 1. The smallest absolute Gasteiger partial charge is 0.325 e. The summed E-state index contributed by atoms with van der Waals surface area (Å²) < 4.78 is 13.9. The van der Waals surface area contributed by atoms with Crippen LogP contribution in [-0.4, -0.2) is 78.4 Å². The van der Waals surface area contributed by atoms with E-state index in [4.69, 9.17) is 0 Å². The monoisotopic (exact) mass is 486 g/mol. The molecule has 9 heteroatoms. The van der Waals surface area contributed by atoms with Gasteiger partial charge in [0.15, 0.2) is 0 Å². The van der Waals surface area contributed by atoms with Crippen LogP contribution in [0.5, 0.6) is 0 Å². The predicted octanol–water partition coefficient (Wildman–Crippen LogP) is 3.22. The molecule has 4 amide bonds. The summed E-state index contributed by atoms with van der Waals surface area (Å²) in [4.78, 5) is 45.3. The Bertz CT molecular complexity index is 1040. The van der Waals surface area contributed by atoms with Crippen LogP contribution in [0.2, 0.25) is 0 Å². The van der Waals surface area contributed by atoms with Crippen LogP contribution in [0.25, 0.3) is 0 Å². The zero-order valence-electron chi connectivity index (χ0n) is 19.6. The number of piperidine rings is 1. The molecule has 1 aromatic heterocycles. The number of benzene rings is 1. The van der Waals surface area contributed by atoms with Crippen LogP contribution in [0.3, 0.4) is 0 Å². The van der Waals surface area contributed by atoms with Crippen LogP contribution in [0.15, 0.2) is 41.8 Å². The number of nitrogens with zero attached hydrogens (tertiary/aromatic N) is 3. The summed E-state index contributed by atoms with van der Waals surface area (Å²) in [6.45, 7) is 2.12. The van der Waals surface area contributed by atoms with Crippen molar-refractivity contribution in [2.75, 3.05) is 40.3 Å². The number of halogens is 1. The maximum atomic E-state index is 13.9. The Morgan fingerprint density at radius 2 is 1.97 bits per heavy atom. The number of likely N-dealkylation sites (tertiary alicyclic amines) is 1. The highest BCUT2D eigenvalue weighted by atomic mass is 32.1. The number of nitrogens with one attached hydrogen (secondary N) is 1. The highest BCUT2D eigenvalue weighted by Crippen LogP contribution is 2.37. The molecule has 0 bridgehead atoms. The largest absolute Gasteiger partial charge is 0.338 e. The van der Waals surface area contributed by atoms with E-state index in [9.17, 15) is 18.8 Å². The molecular weight excluding hydrogens is 455 g/mol. The molecule has 2 fully saturated rings. The van der Waals surface area contributed by atoms with E-state index in [1.165, 1.54) is 28.4 Å². The van der Waals surface area contributed by atoms with Crippen molar-refractivity contribution in [2.45, 2.75) is 31.2 Å². The van der Waals surface area contributed by atoms with Gasteiger partial charge in [-0.1, -0.05) is 18.2 Å². The van der Waals surface area contributed by atoms with Crippen LogP contribution >= 0.6 is 11.3 Å². The number of hydrogen-bond acceptors (Lipinski definition) is 5. The van der Waals surface area contributed by atoms with E-state index < -0.39 is 11.6 Å². The topological polar surface area (TPSA) is 73.0 Å². The second kappa shape index (κ2) is 10.2. The molecule has 1 atom stereocenters. The first-order valence-electron chi connectivity index (χ1n) is 11.7. The Morgan fingerprint density at radius 3 is 2.62 bits per heavy atom. The first-order chi connectivity index (χ1) is 16.3. The van der Waals surface area contributed by atoms with E-state index in [2.05, 4.69) is 5.32 Å². The normalized spacial score (nSPS) is 21.4. The van der Waals surface area contributed by atoms with Crippen molar-refractivity contribution in [1.29, 1.82) is 0 Å². The van der Waals surface area contributed by atoms with Crippen molar-refractivity contribution in [3.63, 3.8) is 0 Å². The summed E-state index contributed by atoms with van der Waals surface area (Å²) in [5.74, 6) is -0.773. The summed E-state index contributed by atoms with van der Waals surface area (Å²) in [5, 5.41) is 4.90. The summed E-state index contributed by atoms with van der Waals surface area (Å²) in [5.41, 5.74) is -0.470. The van der Waals surface area contributed by atoms with Crippen LogP contribution in [0.1, 0.15) is 34.5 Å². The molecule has 34 heavy (non-hydrogen) atoms. The van der Waals surface area contributed by atoms with Gasteiger partial charge in [0, 0.05) is 26.1 Å². The lowest BCUT2D eigenvalue weighted by atomic mass is 9.74. The van der Waals surface area contributed by atoms with E-state index in [1.54, 1.807) is 12.1 Å². The first kappa shape index (κ1) is 24.3. The Kier molecular flexibility index (Phi) is 7.33. The van der Waals surface area contributed by atoms with Gasteiger partial charge >= 0.3 is 6.03 Å². The third-order valence-corrected chi connectivity index (χ3v) is 7.63. The summed E-state index contributed by atoms with van der Waals surface area (Å²) >= 11 is 1.42. The molecule has 0 spiro atoms. The van der Waals surface area contributed by atoms with E-state index in [0.29, 0.717) is 49.3 Å². The molecule has 1 N–H and O–H groups in total. The fraction of sp³-hybridized carbons (Fsp3) is 0.480. The molecule has 4 rings (SSSR count). The van der Waals surface area contributed by atoms with Crippen molar-refractivity contribution < 1.29 is 18.8 Å². The van der Waals surface area contributed by atoms with E-state index >= 15 is 0 Å². The Balaban J connectivity index is 1.55. The van der Waals surface area contributed by atoms with Crippen molar-refractivity contribution in [1.82, 2.24) is 20.0 Å². The van der Waals surface area contributed by atoms with E-state index in [1.807, 2.05) is 41.4 Å². The molecule has 2 aromatic rings. The molecule has 0 aliphatic carbocycles. The zero-order chi connectivity index (χ0) is 24.3. The predicted molar refractivity (Wildman–Crippen MR) is 129 cm³/mol. The minimum absolute atomic E-state index is 0.000253. The quantitative estimate of drug-likeness (QED) is 0.582. The van der Waals surface area contributed by atoms with Gasteiger partial charge < -0.3 is 15.1 Å². The average Bonchev–Trinajstić information content (AvgIpc) is 3.42. The minimum Gasteiger partial charge on any atom is -0.338 e. The Hall–Kier alpha value is -2.78. The minimum atomic E-state index is -1.14. The van der Waals surface area contributed by atoms with Crippen molar-refractivity contribution >= 4 is 29.2 Å². The maximum absolute atomic E-state index is 13.9. The molecule has 2 saturated heterocycles. The second-order valence-corrected chi connectivity index (χ2v) is 10.3. The Labute approximate surface area is 203 Å². The molecule has 182 valence electrons. The molecule has 3 heterocycles. The van der Waals surface area contributed by atoms with E-state index in [0.717, 1.165) is 6.54 Å². The highest BCUT2D eigenvalue weighted by molar-refractivity contribution is 7.12. The van der Waals surface area contributed by atoms with Gasteiger partial charge in [-0.3, -0.25) is 14.5 Å². The number of amides is 4. The zero-order valence-corrected chi connectivity index (χ0v) is 20.4. The number of rotatable bonds is 8. The fourth-order valence-corrected chi connectivity index (χ4v) is 5.72. The maximum Gasteiger partial charge on any atom is 0.325 e. The van der Waals surface area contributed by atoms with Gasteiger partial charge in [0.25, 0.3) is 11.8 Å². The molecule has 0 saturated carbocycles. The van der Waals surface area contributed by atoms with Gasteiger partial charge in [0.05, 0.1) is 4.88 Å². The molecular formula is C25H31FN4O3S. The third-order valence-electron chi connectivity index (χ3n) is 6.77. The second-order valence-electron chi connectivity index (χ2n) is 9.37. The lowest BCUT2D eigenvalue weighted by Gasteiger charge is -2.41. The lowest BCUT2D eigenvalue weighted by molar-refractivity contribution is -0.134. The summed E-state index contributed by atoms with van der Waals surface area (Å²) in [6, 6.07) is 9.48. The summed E-state index contributed by atoms with van der Waals surface area (Å²) in [6.07, 6.45) is 2.08. The Morgan fingerprint density at radius 1 is 1.21 bits per heavy atom. The van der Waals surface area contributed by atoms with Crippen LogP contribution in [0, 0.1) is 11.7 Å². The summed E-state index contributed by atoms with van der Waals surface area (Å²) in [7, 11) is 3.90. The fourth-order valence-electron chi connectivity index (χ4n) is 5.03. The first-order valence-corrected chi connectivity index (χ1v) is 12.5. The average molecular weight is 487 g/mol. The number of thiophene rings is 1. The van der Waals surface area contributed by atoms with Crippen LogP contribution in [-0.2, 0) is 11.2 Å². The lowest BCUT2D eigenvalue weighted by Crippen LogP contribution is -2.58. The SMILES string of the molecule is CN(C)CCCN1C(=O)N[C@@](Cc2cccc(F)c2)(C2CCN(C(=O)c3cccs3)CC2)C1=O. The molecule has 7 nitrogen and oxygen atoms in total. The molecule has 0 radical (unpaired) electrons. The van der Waals surface area contributed by atoms with Gasteiger partial charge in [-0.15, -0.1) is 11.3 Å². The molecule has 0 unspecified atom stereocenters. The van der Waals surface area contributed by atoms with Gasteiger partial charge in [-0.2, -0.15) is 0 Å². The number of imide groups is 1. The third kappa shape index (κ3) is 5.00. The van der Waals surface area contributed by atoms with Gasteiger partial charge in [-0.25, -0.2) is 9.18 Å². The standard InChI is InChI=1S/C25H31FN4O3S/c1-28(2)11-5-12-30-23(32)25(27-24(30)33,17-18-6-3-7-20(26)16-18)19-9-13-29(14-10-19)22(31)21-8-4-15-34-21/h3-4,6-8,15-16,19H,5,9-14,17H2,1-2H3,(H,27,33)/t25-/m0/s1. The van der Waals surface area contributed by atoms with Gasteiger partial charge in [0.1, 0.15) is 11.4 Å². The van der Waals surface area contributed by atoms with Gasteiger partial charge in [-0.05, 0) is 75.0 Å². The van der Waals surface area contributed by atoms with Crippen LogP contribution in [0.4, 0.5) is 9.18 Å². The number of carbonyl (C=O) groups excluding carboxylic acids is 3. The molecule has 2 aliphatic heterocycles. The molecule has 2 aliphatic rings. The van der Waals surface area contributed by atoms with Crippen LogP contribution < -0.4 is 5.32 Å².